The first-order valence-electron chi connectivity index (χ1n) is 11.6. The summed E-state index contributed by atoms with van der Waals surface area (Å²) in [4.78, 5) is 15.5. The van der Waals surface area contributed by atoms with Crippen LogP contribution in [-0.4, -0.2) is 29.9 Å². The molecule has 0 aliphatic carbocycles. The average molecular weight is 503 g/mol. The number of aromatic nitrogens is 2. The van der Waals surface area contributed by atoms with Crippen LogP contribution < -0.4 is 19.7 Å². The van der Waals surface area contributed by atoms with Crippen LogP contribution in [0, 0.1) is 13.8 Å². The lowest BCUT2D eigenvalue weighted by atomic mass is 10.0. The normalized spacial score (nSPS) is 14.9. The second-order valence-corrected chi connectivity index (χ2v) is 9.06. The molecule has 0 fully saturated rings. The summed E-state index contributed by atoms with van der Waals surface area (Å²) in [7, 11) is 3.27. The Kier molecular flexibility index (Phi) is 6.33. The van der Waals surface area contributed by atoms with Crippen molar-refractivity contribution in [1.29, 1.82) is 0 Å². The molecule has 1 N–H and O–H groups in total. The lowest BCUT2D eigenvalue weighted by Gasteiger charge is -2.38. The van der Waals surface area contributed by atoms with Crippen LogP contribution in [0.2, 0.25) is 5.02 Å². The van der Waals surface area contributed by atoms with Gasteiger partial charge < -0.3 is 14.8 Å². The highest BCUT2D eigenvalue weighted by Gasteiger charge is 2.34. The van der Waals surface area contributed by atoms with Crippen molar-refractivity contribution >= 4 is 28.9 Å². The number of hydrogen-bond acceptors (Lipinski definition) is 5. The number of benzene rings is 3. The molecular weight excluding hydrogens is 476 g/mol. The average Bonchev–Trinajstić information content (AvgIpc) is 3.15. The number of fused-ring (bicyclic) bond motifs is 1. The molecule has 0 radical (unpaired) electrons. The fourth-order valence-electron chi connectivity index (χ4n) is 4.58. The van der Waals surface area contributed by atoms with Crippen LogP contribution in [0.4, 0.5) is 11.4 Å². The number of rotatable bonds is 6. The number of para-hydroxylation sites is 1. The predicted octanol–water partition coefficient (Wildman–Crippen LogP) is 5.99. The van der Waals surface area contributed by atoms with Crippen LogP contribution in [0.3, 0.4) is 0 Å². The van der Waals surface area contributed by atoms with Crippen LogP contribution in [-0.2, 0) is 6.54 Å². The number of methoxy groups -OCH3 is 2. The topological polar surface area (TPSA) is 68.6 Å². The number of amides is 1. The van der Waals surface area contributed by atoms with Gasteiger partial charge in [-0.15, -0.1) is 0 Å². The molecule has 184 valence electrons. The van der Waals surface area contributed by atoms with Crippen LogP contribution >= 0.6 is 11.6 Å². The first-order chi connectivity index (χ1) is 17.4. The van der Waals surface area contributed by atoms with Gasteiger partial charge in [0.2, 0.25) is 0 Å². The minimum atomic E-state index is -0.436. The molecule has 0 saturated carbocycles. The summed E-state index contributed by atoms with van der Waals surface area (Å²) < 4.78 is 12.9. The van der Waals surface area contributed by atoms with E-state index in [4.69, 9.17) is 21.1 Å². The molecule has 7 nitrogen and oxygen atoms in total. The molecule has 3 aromatic carbocycles. The second-order valence-electron chi connectivity index (χ2n) is 8.68. The number of halogens is 1. The smallest absolute Gasteiger partial charge is 0.262 e. The summed E-state index contributed by atoms with van der Waals surface area (Å²) in [5.41, 5.74) is 5.69. The summed E-state index contributed by atoms with van der Waals surface area (Å²) in [5.74, 6) is 1.38. The molecular formula is C28H27ClN4O3. The van der Waals surface area contributed by atoms with Gasteiger partial charge in [-0.25, -0.2) is 0 Å². The van der Waals surface area contributed by atoms with Gasteiger partial charge in [-0.2, -0.15) is 5.10 Å². The molecule has 0 saturated heterocycles. The van der Waals surface area contributed by atoms with E-state index in [1.165, 1.54) is 0 Å². The summed E-state index contributed by atoms with van der Waals surface area (Å²) >= 11 is 6.39. The maximum Gasteiger partial charge on any atom is 0.262 e. The van der Waals surface area contributed by atoms with E-state index in [9.17, 15) is 4.79 Å². The van der Waals surface area contributed by atoms with E-state index >= 15 is 0 Å². The fraction of sp³-hybridized carbons (Fsp3) is 0.214. The molecule has 0 bridgehead atoms. The highest BCUT2D eigenvalue weighted by molar-refractivity contribution is 6.31. The van der Waals surface area contributed by atoms with Crippen LogP contribution in [0.1, 0.15) is 39.0 Å². The largest absolute Gasteiger partial charge is 0.497 e. The Labute approximate surface area is 215 Å². The third-order valence-corrected chi connectivity index (χ3v) is 7.06. The maximum atomic E-state index is 13.7. The third kappa shape index (κ3) is 4.16. The van der Waals surface area contributed by atoms with Crippen molar-refractivity contribution < 1.29 is 14.3 Å². The van der Waals surface area contributed by atoms with Crippen molar-refractivity contribution in [3.63, 3.8) is 0 Å². The third-order valence-electron chi connectivity index (χ3n) is 6.51. The highest BCUT2D eigenvalue weighted by atomic mass is 35.5. The number of aryl methyl sites for hydroxylation is 1. The van der Waals surface area contributed by atoms with Crippen molar-refractivity contribution in [2.75, 3.05) is 24.4 Å². The number of nitrogens with zero attached hydrogens (tertiary/aromatic N) is 3. The molecule has 2 heterocycles. The van der Waals surface area contributed by atoms with Gasteiger partial charge in [-0.05, 0) is 67.9 Å². The summed E-state index contributed by atoms with van der Waals surface area (Å²) in [6, 6.07) is 21.0. The molecule has 36 heavy (non-hydrogen) atoms. The number of hydrogen-bond donors (Lipinski definition) is 1. The molecule has 1 aromatic heterocycles. The highest BCUT2D eigenvalue weighted by Crippen LogP contribution is 2.38. The zero-order valence-corrected chi connectivity index (χ0v) is 21.3. The molecule has 1 aliphatic heterocycles. The van der Waals surface area contributed by atoms with Crippen molar-refractivity contribution in [3.05, 3.63) is 99.8 Å². The van der Waals surface area contributed by atoms with Crippen molar-refractivity contribution in [3.8, 4) is 11.5 Å². The first kappa shape index (κ1) is 23.8. The van der Waals surface area contributed by atoms with E-state index in [2.05, 4.69) is 16.5 Å². The molecule has 1 amide bonds. The maximum absolute atomic E-state index is 13.7. The number of carbonyl (C=O) groups excluding carboxylic acids is 1. The van der Waals surface area contributed by atoms with Gasteiger partial charge in [0.15, 0.2) is 0 Å². The summed E-state index contributed by atoms with van der Waals surface area (Å²) in [6.07, 6.45) is -0.436. The molecule has 1 atom stereocenters. The summed E-state index contributed by atoms with van der Waals surface area (Å²) in [5, 5.41) is 8.80. The predicted molar refractivity (Wildman–Crippen MR) is 141 cm³/mol. The molecule has 0 unspecified atom stereocenters. The van der Waals surface area contributed by atoms with E-state index in [1.807, 2.05) is 79.2 Å². The van der Waals surface area contributed by atoms with Gasteiger partial charge in [0, 0.05) is 16.9 Å². The first-order valence-corrected chi connectivity index (χ1v) is 12.0. The molecule has 1 aliphatic rings. The van der Waals surface area contributed by atoms with Crippen LogP contribution in [0.25, 0.3) is 0 Å². The Balaban J connectivity index is 1.60. The Morgan fingerprint density at radius 2 is 1.75 bits per heavy atom. The van der Waals surface area contributed by atoms with E-state index in [1.54, 1.807) is 19.1 Å². The number of carbonyl (C=O) groups is 1. The molecule has 8 heteroatoms. The Morgan fingerprint density at radius 1 is 1.00 bits per heavy atom. The quantitative estimate of drug-likeness (QED) is 0.351. The van der Waals surface area contributed by atoms with Crippen LogP contribution in [0.5, 0.6) is 11.5 Å². The van der Waals surface area contributed by atoms with Gasteiger partial charge in [-0.3, -0.25) is 14.4 Å². The SMILES string of the molecule is COc1ccc(N2C(=O)c3ccccc3N[C@H]2c2ccc(OC)c(Cn3nc(C)c(Cl)c3C)c2)cc1. The lowest BCUT2D eigenvalue weighted by molar-refractivity contribution is 0.0975. The van der Waals surface area contributed by atoms with Crippen molar-refractivity contribution in [2.45, 2.75) is 26.6 Å². The monoisotopic (exact) mass is 502 g/mol. The second kappa shape index (κ2) is 9.59. The number of nitrogens with one attached hydrogen (secondary N) is 1. The minimum Gasteiger partial charge on any atom is -0.497 e. The number of ether oxygens (including phenoxy) is 2. The van der Waals surface area contributed by atoms with Gasteiger partial charge in [0.05, 0.1) is 42.7 Å². The van der Waals surface area contributed by atoms with Gasteiger partial charge in [0.25, 0.3) is 5.91 Å². The molecule has 5 rings (SSSR count). The van der Waals surface area contributed by atoms with Gasteiger partial charge in [-0.1, -0.05) is 29.8 Å². The number of anilines is 2. The van der Waals surface area contributed by atoms with E-state index < -0.39 is 6.17 Å². The minimum absolute atomic E-state index is 0.0813. The standard InChI is InChI=1S/C28H27ClN4O3/c1-17-26(29)18(2)32(31-17)16-20-15-19(9-14-25(20)36-4)27-30-24-8-6-5-7-23(24)28(34)33(27)21-10-12-22(35-3)13-11-21/h5-15,27,30H,16H2,1-4H3/t27-/m1/s1. The van der Waals surface area contributed by atoms with Gasteiger partial charge in [0.1, 0.15) is 17.7 Å². The zero-order valence-electron chi connectivity index (χ0n) is 20.6. The molecule has 0 spiro atoms. The van der Waals surface area contributed by atoms with E-state index in [0.717, 1.165) is 45.4 Å². The summed E-state index contributed by atoms with van der Waals surface area (Å²) in [6.45, 7) is 4.32. The Bertz CT molecular complexity index is 1430. The molecule has 4 aromatic rings. The fourth-order valence-corrected chi connectivity index (χ4v) is 4.71. The Hall–Kier alpha value is -3.97. The van der Waals surface area contributed by atoms with Gasteiger partial charge >= 0.3 is 0 Å². The van der Waals surface area contributed by atoms with Crippen LogP contribution in [0.15, 0.2) is 66.7 Å². The lowest BCUT2D eigenvalue weighted by Crippen LogP contribution is -2.43. The van der Waals surface area contributed by atoms with E-state index in [0.29, 0.717) is 17.1 Å². The van der Waals surface area contributed by atoms with Crippen molar-refractivity contribution in [1.82, 2.24) is 9.78 Å². The Morgan fingerprint density at radius 3 is 2.42 bits per heavy atom. The van der Waals surface area contributed by atoms with Crippen molar-refractivity contribution in [2.24, 2.45) is 0 Å². The van der Waals surface area contributed by atoms with E-state index in [-0.39, 0.29) is 5.91 Å². The zero-order chi connectivity index (χ0) is 25.4.